The van der Waals surface area contributed by atoms with Crippen LogP contribution in [0, 0.1) is 5.92 Å². The lowest BCUT2D eigenvalue weighted by atomic mass is 10.1. The van der Waals surface area contributed by atoms with Gasteiger partial charge in [0.2, 0.25) is 0 Å². The molecule has 0 aromatic carbocycles. The highest BCUT2D eigenvalue weighted by molar-refractivity contribution is 5.89. The highest BCUT2D eigenvalue weighted by Gasteiger charge is 2.62. The van der Waals surface area contributed by atoms with Crippen LogP contribution in [0.25, 0.3) is 0 Å². The first kappa shape index (κ1) is 21.1. The molecule has 1 fully saturated rings. The standard InChI is InChI=1S/C17H30N2O6/c1-15(2,3)24-13(21)18-9-8-11-10-17(11,12(20)23-7)19-14(22)25-16(4,5)6/h11H,8-10H2,1-7H3,(H,18,21)(H,19,22)/t11-,17+/m0/s1. The summed E-state index contributed by atoms with van der Waals surface area (Å²) >= 11 is 0. The van der Waals surface area contributed by atoms with E-state index in [1.807, 2.05) is 0 Å². The summed E-state index contributed by atoms with van der Waals surface area (Å²) in [4.78, 5) is 35.7. The summed E-state index contributed by atoms with van der Waals surface area (Å²) in [5, 5.41) is 5.26. The molecule has 0 unspecified atom stereocenters. The van der Waals surface area contributed by atoms with Gasteiger partial charge in [-0.05, 0) is 60.3 Å². The van der Waals surface area contributed by atoms with Crippen molar-refractivity contribution in [2.75, 3.05) is 13.7 Å². The van der Waals surface area contributed by atoms with Gasteiger partial charge in [-0.15, -0.1) is 0 Å². The average Bonchev–Trinajstić information content (AvgIpc) is 3.07. The summed E-state index contributed by atoms with van der Waals surface area (Å²) in [5.74, 6) is -0.650. The van der Waals surface area contributed by atoms with Crippen LogP contribution in [0.15, 0.2) is 0 Å². The van der Waals surface area contributed by atoms with Crippen molar-refractivity contribution in [2.45, 2.75) is 71.1 Å². The van der Waals surface area contributed by atoms with E-state index >= 15 is 0 Å². The molecule has 1 aliphatic carbocycles. The second kappa shape index (κ2) is 7.49. The van der Waals surface area contributed by atoms with Crippen LogP contribution >= 0.6 is 0 Å². The van der Waals surface area contributed by atoms with E-state index in [2.05, 4.69) is 10.6 Å². The van der Waals surface area contributed by atoms with Crippen LogP contribution in [-0.4, -0.2) is 48.6 Å². The second-order valence-electron chi connectivity index (χ2n) is 8.21. The molecular weight excluding hydrogens is 328 g/mol. The Bertz CT molecular complexity index is 520. The number of methoxy groups -OCH3 is 1. The second-order valence-corrected chi connectivity index (χ2v) is 8.21. The Morgan fingerprint density at radius 1 is 1.00 bits per heavy atom. The lowest BCUT2D eigenvalue weighted by Crippen LogP contribution is -2.47. The molecule has 2 atom stereocenters. The first-order valence-electron chi connectivity index (χ1n) is 8.35. The van der Waals surface area contributed by atoms with Crippen molar-refractivity contribution in [3.8, 4) is 0 Å². The van der Waals surface area contributed by atoms with E-state index in [0.29, 0.717) is 19.4 Å². The van der Waals surface area contributed by atoms with Crippen molar-refractivity contribution in [1.29, 1.82) is 0 Å². The summed E-state index contributed by atoms with van der Waals surface area (Å²) in [6, 6.07) is 0. The molecule has 0 aliphatic heterocycles. The zero-order valence-corrected chi connectivity index (χ0v) is 16.1. The summed E-state index contributed by atoms with van der Waals surface area (Å²) in [7, 11) is 1.27. The number of ether oxygens (including phenoxy) is 3. The van der Waals surface area contributed by atoms with Crippen molar-refractivity contribution in [1.82, 2.24) is 10.6 Å². The van der Waals surface area contributed by atoms with Crippen LogP contribution in [0.4, 0.5) is 9.59 Å². The smallest absolute Gasteiger partial charge is 0.408 e. The summed E-state index contributed by atoms with van der Waals surface area (Å²) in [5.41, 5.74) is -2.32. The first-order chi connectivity index (χ1) is 11.3. The monoisotopic (exact) mass is 358 g/mol. The van der Waals surface area contributed by atoms with Crippen molar-refractivity contribution in [3.63, 3.8) is 0 Å². The van der Waals surface area contributed by atoms with E-state index in [0.717, 1.165) is 0 Å². The van der Waals surface area contributed by atoms with E-state index in [-0.39, 0.29) is 5.92 Å². The molecule has 8 nitrogen and oxygen atoms in total. The van der Waals surface area contributed by atoms with E-state index in [9.17, 15) is 14.4 Å². The Kier molecular flexibility index (Phi) is 6.31. The fraction of sp³-hybridized carbons (Fsp3) is 0.824. The fourth-order valence-corrected chi connectivity index (χ4v) is 2.46. The lowest BCUT2D eigenvalue weighted by molar-refractivity contribution is -0.144. The molecule has 1 aliphatic rings. The lowest BCUT2D eigenvalue weighted by Gasteiger charge is -2.23. The van der Waals surface area contributed by atoms with Gasteiger partial charge in [0.1, 0.15) is 16.7 Å². The normalized spacial score (nSPS) is 22.6. The fourth-order valence-electron chi connectivity index (χ4n) is 2.46. The van der Waals surface area contributed by atoms with Gasteiger partial charge in [-0.1, -0.05) is 0 Å². The SMILES string of the molecule is COC(=O)[C@@]1(NC(=O)OC(C)(C)C)C[C@@H]1CCNC(=O)OC(C)(C)C. The minimum absolute atomic E-state index is 0.137. The van der Waals surface area contributed by atoms with Gasteiger partial charge in [0, 0.05) is 6.54 Å². The summed E-state index contributed by atoms with van der Waals surface area (Å²) < 4.78 is 15.2. The highest BCUT2D eigenvalue weighted by Crippen LogP contribution is 2.46. The quantitative estimate of drug-likeness (QED) is 0.578. The van der Waals surface area contributed by atoms with Crippen LogP contribution in [0.5, 0.6) is 0 Å². The molecule has 25 heavy (non-hydrogen) atoms. The highest BCUT2D eigenvalue weighted by atomic mass is 16.6. The average molecular weight is 358 g/mol. The van der Waals surface area contributed by atoms with Gasteiger partial charge >= 0.3 is 18.2 Å². The Morgan fingerprint density at radius 3 is 2.00 bits per heavy atom. The van der Waals surface area contributed by atoms with Crippen molar-refractivity contribution < 1.29 is 28.6 Å². The third kappa shape index (κ3) is 6.80. The van der Waals surface area contributed by atoms with Crippen molar-refractivity contribution in [3.05, 3.63) is 0 Å². The number of carbonyl (C=O) groups excluding carboxylic acids is 3. The maximum absolute atomic E-state index is 12.1. The van der Waals surface area contributed by atoms with Crippen molar-refractivity contribution >= 4 is 18.2 Å². The molecule has 2 N–H and O–H groups in total. The molecule has 0 aromatic rings. The number of alkyl carbamates (subject to hydrolysis) is 2. The predicted molar refractivity (Wildman–Crippen MR) is 91.1 cm³/mol. The van der Waals surface area contributed by atoms with Crippen LogP contribution in [0.2, 0.25) is 0 Å². The van der Waals surface area contributed by atoms with Gasteiger partial charge in [-0.3, -0.25) is 0 Å². The molecule has 1 saturated carbocycles. The third-order valence-corrected chi connectivity index (χ3v) is 3.54. The van der Waals surface area contributed by atoms with Gasteiger partial charge in [0.15, 0.2) is 0 Å². The summed E-state index contributed by atoms with van der Waals surface area (Å²) in [6.07, 6.45) is -0.239. The Labute approximate surface area is 148 Å². The zero-order valence-electron chi connectivity index (χ0n) is 16.1. The first-order valence-corrected chi connectivity index (χ1v) is 8.35. The molecule has 0 radical (unpaired) electrons. The number of hydrogen-bond donors (Lipinski definition) is 2. The van der Waals surface area contributed by atoms with Crippen LogP contribution in [-0.2, 0) is 19.0 Å². The number of esters is 1. The maximum atomic E-state index is 12.1. The number of hydrogen-bond acceptors (Lipinski definition) is 6. The number of carbonyl (C=O) groups is 3. The predicted octanol–water partition coefficient (Wildman–Crippen LogP) is 2.36. The summed E-state index contributed by atoms with van der Waals surface area (Å²) in [6.45, 7) is 10.9. The van der Waals surface area contributed by atoms with Gasteiger partial charge in [-0.25, -0.2) is 14.4 Å². The van der Waals surface area contributed by atoms with Gasteiger partial charge in [-0.2, -0.15) is 0 Å². The molecule has 144 valence electrons. The largest absolute Gasteiger partial charge is 0.467 e. The molecule has 0 aromatic heterocycles. The molecule has 0 heterocycles. The van der Waals surface area contributed by atoms with Gasteiger partial charge in [0.05, 0.1) is 7.11 Å². The minimum atomic E-state index is -1.09. The Morgan fingerprint density at radius 2 is 1.52 bits per heavy atom. The van der Waals surface area contributed by atoms with E-state index in [1.165, 1.54) is 7.11 Å². The molecule has 0 spiro atoms. The molecular formula is C17H30N2O6. The van der Waals surface area contributed by atoms with Crippen molar-refractivity contribution in [2.24, 2.45) is 5.92 Å². The van der Waals surface area contributed by atoms with Crippen LogP contribution in [0.1, 0.15) is 54.4 Å². The Hall–Kier alpha value is -1.99. The zero-order chi connectivity index (χ0) is 19.5. The minimum Gasteiger partial charge on any atom is -0.467 e. The molecule has 2 amide bonds. The molecule has 8 heteroatoms. The number of nitrogens with one attached hydrogen (secondary N) is 2. The van der Waals surface area contributed by atoms with Gasteiger partial charge < -0.3 is 24.8 Å². The third-order valence-electron chi connectivity index (χ3n) is 3.54. The van der Waals surface area contributed by atoms with E-state index in [1.54, 1.807) is 41.5 Å². The topological polar surface area (TPSA) is 103 Å². The Balaban J connectivity index is 2.54. The van der Waals surface area contributed by atoms with Crippen LogP contribution < -0.4 is 10.6 Å². The molecule has 1 rings (SSSR count). The van der Waals surface area contributed by atoms with Gasteiger partial charge in [0.25, 0.3) is 0 Å². The maximum Gasteiger partial charge on any atom is 0.408 e. The van der Waals surface area contributed by atoms with E-state index in [4.69, 9.17) is 14.2 Å². The number of amides is 2. The number of rotatable bonds is 5. The van der Waals surface area contributed by atoms with E-state index < -0.39 is 34.9 Å². The van der Waals surface area contributed by atoms with Crippen LogP contribution in [0.3, 0.4) is 0 Å². The molecule has 0 bridgehead atoms. The molecule has 0 saturated heterocycles.